The van der Waals surface area contributed by atoms with Crippen molar-refractivity contribution >= 4 is 75.7 Å². The van der Waals surface area contributed by atoms with Gasteiger partial charge in [0.05, 0.1) is 0 Å². The monoisotopic (exact) mass is 745 g/mol. The Balaban J connectivity index is 1.02. The molecule has 1 nitrogen and oxygen atoms in total. The van der Waals surface area contributed by atoms with Gasteiger partial charge < -0.3 is 4.90 Å². The first-order valence-corrected chi connectivity index (χ1v) is 20.6. The fourth-order valence-electron chi connectivity index (χ4n) is 9.14. The zero-order valence-electron chi connectivity index (χ0n) is 31.7. The molecule has 57 heavy (non-hydrogen) atoms. The number of hydrogen-bond donors (Lipinski definition) is 0. The summed E-state index contributed by atoms with van der Waals surface area (Å²) in [6.07, 6.45) is 14.5. The molecule has 1 heterocycles. The summed E-state index contributed by atoms with van der Waals surface area (Å²) in [7, 11) is 0. The number of nitrogens with zero attached hydrogens (tertiary/aromatic N) is 1. The van der Waals surface area contributed by atoms with Crippen molar-refractivity contribution in [2.24, 2.45) is 5.41 Å². The van der Waals surface area contributed by atoms with Gasteiger partial charge in [-0.05, 0) is 122 Å². The van der Waals surface area contributed by atoms with E-state index in [1.807, 2.05) is 11.3 Å². The van der Waals surface area contributed by atoms with Crippen molar-refractivity contribution < 1.29 is 0 Å². The second-order valence-electron chi connectivity index (χ2n) is 15.6. The highest BCUT2D eigenvalue weighted by Crippen LogP contribution is 2.46. The number of benzene rings is 8. The van der Waals surface area contributed by atoms with Gasteiger partial charge in [-0.25, -0.2) is 0 Å². The second-order valence-corrected chi connectivity index (χ2v) is 16.7. The molecule has 0 radical (unpaired) electrons. The van der Waals surface area contributed by atoms with Crippen molar-refractivity contribution in [3.05, 3.63) is 217 Å². The van der Waals surface area contributed by atoms with Crippen molar-refractivity contribution in [1.29, 1.82) is 0 Å². The van der Waals surface area contributed by atoms with Gasteiger partial charge in [0.1, 0.15) is 0 Å². The molecule has 0 fully saturated rings. The molecule has 1 atom stereocenters. The van der Waals surface area contributed by atoms with E-state index in [1.54, 1.807) is 0 Å². The number of thiophene rings is 1. The largest absolute Gasteiger partial charge is 0.310 e. The third kappa shape index (κ3) is 5.76. The van der Waals surface area contributed by atoms with Crippen molar-refractivity contribution in [1.82, 2.24) is 0 Å². The summed E-state index contributed by atoms with van der Waals surface area (Å²) in [5, 5.41) is 7.76. The molecule has 1 unspecified atom stereocenters. The van der Waals surface area contributed by atoms with E-state index in [-0.39, 0.29) is 5.41 Å². The minimum absolute atomic E-state index is 0.00373. The fraction of sp³-hybridized carbons (Fsp3) is 0.0545. The first-order valence-electron chi connectivity index (χ1n) is 19.8. The summed E-state index contributed by atoms with van der Waals surface area (Å²) in [5.41, 5.74) is 12.3. The van der Waals surface area contributed by atoms with Gasteiger partial charge in [-0.1, -0.05) is 159 Å². The van der Waals surface area contributed by atoms with Gasteiger partial charge in [0, 0.05) is 42.6 Å². The molecule has 0 bridgehead atoms. The maximum Gasteiger partial charge on any atom is 0.0467 e. The Kier molecular flexibility index (Phi) is 7.94. The summed E-state index contributed by atoms with van der Waals surface area (Å²) >= 11 is 1.87. The molecule has 0 spiro atoms. The minimum Gasteiger partial charge on any atom is -0.310 e. The van der Waals surface area contributed by atoms with Gasteiger partial charge in [-0.2, -0.15) is 0 Å². The van der Waals surface area contributed by atoms with Crippen LogP contribution >= 0.6 is 11.3 Å². The predicted molar refractivity (Wildman–Crippen MR) is 247 cm³/mol. The quantitative estimate of drug-likeness (QED) is 0.153. The van der Waals surface area contributed by atoms with Crippen molar-refractivity contribution in [2.75, 3.05) is 4.90 Å². The highest BCUT2D eigenvalue weighted by Gasteiger charge is 2.30. The first kappa shape index (κ1) is 33.6. The van der Waals surface area contributed by atoms with Crippen molar-refractivity contribution in [3.8, 4) is 22.3 Å². The lowest BCUT2D eigenvalue weighted by molar-refractivity contribution is 0.535. The molecule has 1 aromatic heterocycles. The smallest absolute Gasteiger partial charge is 0.0467 e. The highest BCUT2D eigenvalue weighted by atomic mass is 32.1. The molecule has 0 aliphatic heterocycles. The molecular formula is C55H39NS. The standard InChI is InChI=1S/C55H39NS/c1-55-33-9-8-14-42(55)28-23-41(36-55)39-13-10-15-45(34-39)56(43-29-24-37(25-30-43)47-20-11-22-53-54(47)50-19-6-7-21-52(50)57-53)44-31-26-38(27-32-44)51-35-40-12-2-3-16-46(40)48-17-4-5-18-49(48)51/h2-35H,36H2,1H3. The molecule has 0 saturated carbocycles. The van der Waals surface area contributed by atoms with Crippen LogP contribution in [-0.2, 0) is 0 Å². The summed E-state index contributed by atoms with van der Waals surface area (Å²) in [4.78, 5) is 2.41. The lowest BCUT2D eigenvalue weighted by Gasteiger charge is -2.34. The zero-order chi connectivity index (χ0) is 37.9. The lowest BCUT2D eigenvalue weighted by Crippen LogP contribution is -2.20. The van der Waals surface area contributed by atoms with Crippen LogP contribution < -0.4 is 4.90 Å². The van der Waals surface area contributed by atoms with Gasteiger partial charge >= 0.3 is 0 Å². The molecule has 11 rings (SSSR count). The van der Waals surface area contributed by atoms with Crippen molar-refractivity contribution in [2.45, 2.75) is 13.3 Å². The maximum atomic E-state index is 2.41. The van der Waals surface area contributed by atoms with Crippen LogP contribution in [-0.4, -0.2) is 0 Å². The molecule has 8 aromatic carbocycles. The van der Waals surface area contributed by atoms with Crippen LogP contribution in [0.2, 0.25) is 0 Å². The van der Waals surface area contributed by atoms with Crippen LogP contribution in [0.25, 0.3) is 69.5 Å². The van der Waals surface area contributed by atoms with Crippen LogP contribution in [0.1, 0.15) is 18.9 Å². The number of hydrogen-bond acceptors (Lipinski definition) is 2. The van der Waals surface area contributed by atoms with Crippen LogP contribution in [0.4, 0.5) is 17.1 Å². The molecular weight excluding hydrogens is 707 g/mol. The van der Waals surface area contributed by atoms with Gasteiger partial charge in [-0.3, -0.25) is 0 Å². The van der Waals surface area contributed by atoms with Crippen LogP contribution in [0.5, 0.6) is 0 Å². The summed E-state index contributed by atoms with van der Waals surface area (Å²) in [6.45, 7) is 2.35. The first-order chi connectivity index (χ1) is 28.1. The number of fused-ring (bicyclic) bond motifs is 7. The molecule has 2 aliphatic carbocycles. The van der Waals surface area contributed by atoms with Gasteiger partial charge in [0.25, 0.3) is 0 Å². The lowest BCUT2D eigenvalue weighted by atomic mass is 9.70. The normalized spacial score (nSPS) is 16.2. The van der Waals surface area contributed by atoms with E-state index in [4.69, 9.17) is 0 Å². The number of rotatable bonds is 6. The van der Waals surface area contributed by atoms with E-state index in [1.165, 1.54) is 80.7 Å². The third-order valence-corrected chi connectivity index (χ3v) is 13.2. The zero-order valence-corrected chi connectivity index (χ0v) is 32.5. The Bertz CT molecular complexity index is 3150. The fourth-order valence-corrected chi connectivity index (χ4v) is 10.3. The van der Waals surface area contributed by atoms with Crippen LogP contribution in [0.15, 0.2) is 212 Å². The minimum atomic E-state index is 0.00373. The van der Waals surface area contributed by atoms with E-state index in [0.29, 0.717) is 0 Å². The SMILES string of the molecule is CC12C=CC=CC1=CC=C(c1cccc(N(c3ccc(-c4cc5ccccc5c5ccccc45)cc3)c3ccc(-c4cccc5sc6ccccc6c45)cc3)c1)C2. The Morgan fingerprint density at radius 3 is 1.96 bits per heavy atom. The van der Waals surface area contributed by atoms with E-state index < -0.39 is 0 Å². The van der Waals surface area contributed by atoms with Gasteiger partial charge in [0.15, 0.2) is 0 Å². The molecule has 9 aromatic rings. The summed E-state index contributed by atoms with van der Waals surface area (Å²) in [6, 6.07) is 62.7. The molecule has 0 N–H and O–H groups in total. The summed E-state index contributed by atoms with van der Waals surface area (Å²) in [5.74, 6) is 0. The Hall–Kier alpha value is -6.74. The average Bonchev–Trinajstić information content (AvgIpc) is 3.66. The predicted octanol–water partition coefficient (Wildman–Crippen LogP) is 16.0. The van der Waals surface area contributed by atoms with E-state index in [0.717, 1.165) is 23.5 Å². The third-order valence-electron chi connectivity index (χ3n) is 12.1. The molecule has 0 amide bonds. The van der Waals surface area contributed by atoms with Crippen molar-refractivity contribution in [3.63, 3.8) is 0 Å². The van der Waals surface area contributed by atoms with Gasteiger partial charge in [0.2, 0.25) is 0 Å². The van der Waals surface area contributed by atoms with E-state index in [9.17, 15) is 0 Å². The van der Waals surface area contributed by atoms with E-state index >= 15 is 0 Å². The molecule has 2 heteroatoms. The van der Waals surface area contributed by atoms with Gasteiger partial charge in [-0.15, -0.1) is 11.3 Å². The molecule has 2 aliphatic rings. The van der Waals surface area contributed by atoms with Crippen LogP contribution in [0, 0.1) is 5.41 Å². The topological polar surface area (TPSA) is 3.24 Å². The Morgan fingerprint density at radius 1 is 0.491 bits per heavy atom. The highest BCUT2D eigenvalue weighted by molar-refractivity contribution is 7.25. The summed E-state index contributed by atoms with van der Waals surface area (Å²) < 4.78 is 2.65. The maximum absolute atomic E-state index is 2.41. The second kappa shape index (κ2) is 13.5. The number of allylic oxidation sites excluding steroid dienone is 8. The van der Waals surface area contributed by atoms with E-state index in [2.05, 4.69) is 218 Å². The Morgan fingerprint density at radius 2 is 1.16 bits per heavy atom. The average molecular weight is 746 g/mol. The number of anilines is 3. The molecule has 0 saturated heterocycles. The van der Waals surface area contributed by atoms with Crippen LogP contribution in [0.3, 0.4) is 0 Å². The molecule has 270 valence electrons. The Labute approximate surface area is 337 Å².